The fourth-order valence-electron chi connectivity index (χ4n) is 4.28. The van der Waals surface area contributed by atoms with Gasteiger partial charge in [0.05, 0.1) is 17.4 Å². The first-order valence-electron chi connectivity index (χ1n) is 12.0. The average molecular weight is 550 g/mol. The number of halogens is 1. The highest BCUT2D eigenvalue weighted by Crippen LogP contribution is 2.25. The molecule has 2 unspecified atom stereocenters. The summed E-state index contributed by atoms with van der Waals surface area (Å²) in [5, 5.41) is 23.2. The molecule has 1 aliphatic heterocycles. The van der Waals surface area contributed by atoms with Crippen molar-refractivity contribution < 1.29 is 38.3 Å². The quantitative estimate of drug-likeness (QED) is 0.319. The number of ether oxygens (including phenoxy) is 1. The second-order valence-electron chi connectivity index (χ2n) is 8.77. The third-order valence-corrected chi connectivity index (χ3v) is 6.10. The normalized spacial score (nSPS) is 15.3. The number of carboxylic acids is 1. The fourth-order valence-corrected chi connectivity index (χ4v) is 4.28. The van der Waals surface area contributed by atoms with Gasteiger partial charge in [0.15, 0.2) is 6.17 Å². The number of benzene rings is 3. The predicted octanol–water partition coefficient (Wildman–Crippen LogP) is 3.35. The molecule has 1 fully saturated rings. The Labute approximate surface area is 226 Å². The van der Waals surface area contributed by atoms with Crippen LogP contribution in [0.5, 0.6) is 5.75 Å². The van der Waals surface area contributed by atoms with E-state index in [1.807, 2.05) is 0 Å². The summed E-state index contributed by atoms with van der Waals surface area (Å²) in [6, 6.07) is 16.6. The number of amides is 3. The molecule has 3 amide bonds. The summed E-state index contributed by atoms with van der Waals surface area (Å²) in [6.45, 7) is -0.233. The number of hydrogen-bond acceptors (Lipinski definition) is 7. The molecule has 0 aromatic heterocycles. The number of nitrogens with zero attached hydrogens (tertiary/aromatic N) is 3. The summed E-state index contributed by atoms with van der Waals surface area (Å²) in [7, 11) is 0. The maximum atomic E-state index is 13.8. The third kappa shape index (κ3) is 6.38. The van der Waals surface area contributed by atoms with Gasteiger partial charge in [-0.3, -0.25) is 29.4 Å². The van der Waals surface area contributed by atoms with Crippen LogP contribution in [-0.4, -0.2) is 63.0 Å². The Kier molecular flexibility index (Phi) is 8.33. The van der Waals surface area contributed by atoms with E-state index in [1.54, 1.807) is 18.2 Å². The minimum atomic E-state index is -1.60. The maximum Gasteiger partial charge on any atom is 0.417 e. The molecule has 13 heteroatoms. The van der Waals surface area contributed by atoms with Crippen molar-refractivity contribution in [3.05, 3.63) is 106 Å². The van der Waals surface area contributed by atoms with Crippen LogP contribution in [0.15, 0.2) is 78.9 Å². The Morgan fingerprint density at radius 2 is 1.70 bits per heavy atom. The molecule has 2 N–H and O–H groups in total. The Morgan fingerprint density at radius 3 is 2.38 bits per heavy atom. The molecule has 0 radical (unpaired) electrons. The highest BCUT2D eigenvalue weighted by atomic mass is 19.1. The lowest BCUT2D eigenvalue weighted by Crippen LogP contribution is -2.55. The molecular formula is C27H23FN4O8. The zero-order chi connectivity index (χ0) is 28.8. The summed E-state index contributed by atoms with van der Waals surface area (Å²) in [5.74, 6) is -3.50. The molecule has 0 saturated carbocycles. The highest BCUT2D eigenvalue weighted by molar-refractivity contribution is 5.99. The second-order valence-corrected chi connectivity index (χ2v) is 8.77. The van der Waals surface area contributed by atoms with Crippen molar-refractivity contribution in [2.24, 2.45) is 0 Å². The third-order valence-electron chi connectivity index (χ3n) is 6.10. The van der Waals surface area contributed by atoms with Gasteiger partial charge in [0, 0.05) is 30.8 Å². The summed E-state index contributed by atoms with van der Waals surface area (Å²) in [6.07, 6.45) is -3.20. The van der Waals surface area contributed by atoms with E-state index in [1.165, 1.54) is 42.5 Å². The summed E-state index contributed by atoms with van der Waals surface area (Å²) in [4.78, 5) is 64.3. The molecule has 0 spiro atoms. The summed E-state index contributed by atoms with van der Waals surface area (Å²) in [5.41, 5.74) is -0.264. The largest absolute Gasteiger partial charge is 0.481 e. The molecule has 1 aliphatic rings. The van der Waals surface area contributed by atoms with Crippen LogP contribution in [0.4, 0.5) is 14.9 Å². The van der Waals surface area contributed by atoms with Gasteiger partial charge in [-0.15, -0.1) is 0 Å². The van der Waals surface area contributed by atoms with Gasteiger partial charge < -0.3 is 20.1 Å². The van der Waals surface area contributed by atoms with E-state index in [9.17, 15) is 38.8 Å². The minimum absolute atomic E-state index is 0.0724. The van der Waals surface area contributed by atoms with Crippen molar-refractivity contribution >= 4 is 29.6 Å². The lowest BCUT2D eigenvalue weighted by atomic mass is 10.0. The molecule has 1 saturated heterocycles. The van der Waals surface area contributed by atoms with E-state index in [4.69, 9.17) is 4.74 Å². The molecule has 40 heavy (non-hydrogen) atoms. The standard InChI is InChI=1S/C27H23FN4O8/c28-19-8-4-7-18(14-19)26(36)30-12-13-31(27(37)40-21-10-2-1-3-11-21)25(30)24(35)29-22(16-23(33)34)17-6-5-9-20(15-17)32(38)39/h1-11,14-15,22,25H,12-13,16H2,(H,29,35)(H,33,34). The van der Waals surface area contributed by atoms with Crippen LogP contribution in [0.25, 0.3) is 0 Å². The van der Waals surface area contributed by atoms with Crippen LogP contribution in [0.2, 0.25) is 0 Å². The Hall–Kier alpha value is -5.33. The van der Waals surface area contributed by atoms with Gasteiger partial charge in [-0.25, -0.2) is 9.18 Å². The first-order valence-corrected chi connectivity index (χ1v) is 12.0. The molecule has 12 nitrogen and oxygen atoms in total. The van der Waals surface area contributed by atoms with Crippen LogP contribution in [0, 0.1) is 15.9 Å². The molecular weight excluding hydrogens is 527 g/mol. The van der Waals surface area contributed by atoms with E-state index < -0.39 is 53.2 Å². The van der Waals surface area contributed by atoms with E-state index in [0.717, 1.165) is 28.0 Å². The zero-order valence-electron chi connectivity index (χ0n) is 20.8. The lowest BCUT2D eigenvalue weighted by Gasteiger charge is -2.30. The smallest absolute Gasteiger partial charge is 0.417 e. The molecule has 2 atom stereocenters. The van der Waals surface area contributed by atoms with Crippen LogP contribution in [-0.2, 0) is 9.59 Å². The SMILES string of the molecule is O=C(O)CC(NC(=O)C1N(C(=O)Oc2ccccc2)CCN1C(=O)c1cccc(F)c1)c1cccc([N+](=O)[O-])c1. The fraction of sp³-hybridized carbons (Fsp3) is 0.185. The molecule has 0 aliphatic carbocycles. The van der Waals surface area contributed by atoms with Crippen molar-refractivity contribution in [2.45, 2.75) is 18.6 Å². The number of hydrogen-bond donors (Lipinski definition) is 2. The number of non-ortho nitro benzene ring substituents is 1. The van der Waals surface area contributed by atoms with Crippen LogP contribution >= 0.6 is 0 Å². The number of nitro groups is 1. The number of nitro benzene ring substituents is 1. The molecule has 3 aromatic carbocycles. The summed E-state index contributed by atoms with van der Waals surface area (Å²) >= 11 is 0. The van der Waals surface area contributed by atoms with Gasteiger partial charge in [0.1, 0.15) is 11.6 Å². The van der Waals surface area contributed by atoms with Crippen molar-refractivity contribution in [1.29, 1.82) is 0 Å². The van der Waals surface area contributed by atoms with Gasteiger partial charge in [-0.2, -0.15) is 0 Å². The number of para-hydroxylation sites is 1. The first-order chi connectivity index (χ1) is 19.1. The van der Waals surface area contributed by atoms with Crippen molar-refractivity contribution in [2.75, 3.05) is 13.1 Å². The monoisotopic (exact) mass is 550 g/mol. The van der Waals surface area contributed by atoms with Crippen LogP contribution < -0.4 is 10.1 Å². The van der Waals surface area contributed by atoms with Gasteiger partial charge >= 0.3 is 12.1 Å². The van der Waals surface area contributed by atoms with Gasteiger partial charge in [-0.1, -0.05) is 36.4 Å². The number of carboxylic acid groups (broad SMARTS) is 1. The average Bonchev–Trinajstić information content (AvgIpc) is 3.38. The zero-order valence-corrected chi connectivity index (χ0v) is 20.8. The van der Waals surface area contributed by atoms with Crippen molar-refractivity contribution in [3.63, 3.8) is 0 Å². The molecule has 1 heterocycles. The number of nitrogens with one attached hydrogen (secondary N) is 1. The molecule has 3 aromatic rings. The number of carbonyl (C=O) groups is 4. The number of aliphatic carboxylic acids is 1. The first kappa shape index (κ1) is 27.7. The van der Waals surface area contributed by atoms with Crippen molar-refractivity contribution in [3.8, 4) is 5.75 Å². The molecule has 4 rings (SSSR count). The topological polar surface area (TPSA) is 159 Å². The highest BCUT2D eigenvalue weighted by Gasteiger charge is 2.44. The lowest BCUT2D eigenvalue weighted by molar-refractivity contribution is -0.384. The van der Waals surface area contributed by atoms with Gasteiger partial charge in [0.25, 0.3) is 17.5 Å². The predicted molar refractivity (Wildman–Crippen MR) is 137 cm³/mol. The van der Waals surface area contributed by atoms with Crippen LogP contribution in [0.1, 0.15) is 28.4 Å². The van der Waals surface area contributed by atoms with Gasteiger partial charge in [-0.05, 0) is 35.9 Å². The molecule has 0 bridgehead atoms. The maximum absolute atomic E-state index is 13.8. The van der Waals surface area contributed by atoms with E-state index in [2.05, 4.69) is 5.32 Å². The van der Waals surface area contributed by atoms with Crippen LogP contribution in [0.3, 0.4) is 0 Å². The van der Waals surface area contributed by atoms with E-state index in [0.29, 0.717) is 0 Å². The molecule has 206 valence electrons. The number of rotatable bonds is 8. The second kappa shape index (κ2) is 12.0. The minimum Gasteiger partial charge on any atom is -0.481 e. The summed E-state index contributed by atoms with van der Waals surface area (Å²) < 4.78 is 19.2. The van der Waals surface area contributed by atoms with Crippen molar-refractivity contribution in [1.82, 2.24) is 15.1 Å². The number of carbonyl (C=O) groups excluding carboxylic acids is 3. The van der Waals surface area contributed by atoms with E-state index >= 15 is 0 Å². The Balaban J connectivity index is 1.66. The van der Waals surface area contributed by atoms with Gasteiger partial charge in [0.2, 0.25) is 0 Å². The Bertz CT molecular complexity index is 1450. The van der Waals surface area contributed by atoms with E-state index in [-0.39, 0.29) is 35.7 Å². The Morgan fingerprint density at radius 1 is 1.00 bits per heavy atom.